The van der Waals surface area contributed by atoms with Gasteiger partial charge in [0.05, 0.1) is 15.8 Å². The minimum absolute atomic E-state index is 0.0925. The summed E-state index contributed by atoms with van der Waals surface area (Å²) in [6, 6.07) is 8.42. The first-order valence-electron chi connectivity index (χ1n) is 5.68. The third kappa shape index (κ3) is 1.67. The Morgan fingerprint density at radius 1 is 1.25 bits per heavy atom. The number of nitrogens with zero attached hydrogens (tertiary/aromatic N) is 5. The number of fused-ring (bicyclic) bond motifs is 1. The number of aromatic nitrogens is 3. The fourth-order valence-electron chi connectivity index (χ4n) is 2.09. The van der Waals surface area contributed by atoms with Crippen LogP contribution in [-0.4, -0.2) is 19.5 Å². The summed E-state index contributed by atoms with van der Waals surface area (Å²) in [5.74, 6) is 0.0938. The number of hydrogen-bond acceptors (Lipinski definition) is 5. The van der Waals surface area contributed by atoms with Gasteiger partial charge in [-0.2, -0.15) is 5.26 Å². The lowest BCUT2D eigenvalue weighted by Gasteiger charge is -2.07. The lowest BCUT2D eigenvalue weighted by atomic mass is 10.1. The van der Waals surface area contributed by atoms with Crippen LogP contribution in [0.2, 0.25) is 0 Å². The second-order valence-corrected chi connectivity index (χ2v) is 3.99. The van der Waals surface area contributed by atoms with Crippen molar-refractivity contribution in [2.24, 2.45) is 0 Å². The molecule has 0 amide bonds. The predicted molar refractivity (Wildman–Crippen MR) is 70.2 cm³/mol. The third-order valence-corrected chi connectivity index (χ3v) is 2.92. The highest BCUT2D eigenvalue weighted by atomic mass is 16.6. The molecule has 0 bridgehead atoms. The molecule has 96 valence electrons. The minimum atomic E-state index is -0.472. The number of imidazole rings is 1. The van der Waals surface area contributed by atoms with Gasteiger partial charge in [-0.15, -0.1) is 0 Å². The van der Waals surface area contributed by atoms with Crippen molar-refractivity contribution in [3.05, 3.63) is 58.8 Å². The van der Waals surface area contributed by atoms with Crippen LogP contribution in [0, 0.1) is 21.4 Å². The van der Waals surface area contributed by atoms with Gasteiger partial charge in [0.15, 0.2) is 0 Å². The van der Waals surface area contributed by atoms with Gasteiger partial charge in [-0.3, -0.25) is 19.7 Å². The van der Waals surface area contributed by atoms with Gasteiger partial charge in [-0.05, 0) is 24.3 Å². The van der Waals surface area contributed by atoms with Crippen molar-refractivity contribution in [3.8, 4) is 11.8 Å². The number of hydrogen-bond donors (Lipinski definition) is 0. The fourth-order valence-corrected chi connectivity index (χ4v) is 2.09. The van der Waals surface area contributed by atoms with Gasteiger partial charge >= 0.3 is 5.69 Å². The monoisotopic (exact) mass is 265 g/mol. The van der Waals surface area contributed by atoms with Crippen LogP contribution in [0.4, 0.5) is 5.69 Å². The molecule has 0 N–H and O–H groups in total. The Morgan fingerprint density at radius 3 is 2.85 bits per heavy atom. The second-order valence-electron chi connectivity index (χ2n) is 3.99. The second kappa shape index (κ2) is 4.44. The van der Waals surface area contributed by atoms with Gasteiger partial charge in [-0.25, -0.2) is 4.98 Å². The molecule has 0 atom stereocenters. The highest BCUT2D eigenvalue weighted by Gasteiger charge is 2.21. The maximum absolute atomic E-state index is 11.4. The van der Waals surface area contributed by atoms with E-state index in [9.17, 15) is 10.1 Å². The molecule has 0 saturated heterocycles. The van der Waals surface area contributed by atoms with Gasteiger partial charge < -0.3 is 0 Å². The van der Waals surface area contributed by atoms with E-state index in [1.165, 1.54) is 17.0 Å². The normalized spacial score (nSPS) is 10.3. The first-order valence-corrected chi connectivity index (χ1v) is 5.68. The van der Waals surface area contributed by atoms with Crippen molar-refractivity contribution >= 4 is 16.6 Å². The van der Waals surface area contributed by atoms with Crippen molar-refractivity contribution in [1.82, 2.24) is 14.5 Å². The first kappa shape index (κ1) is 11.8. The van der Waals surface area contributed by atoms with Crippen LogP contribution in [0.5, 0.6) is 0 Å². The summed E-state index contributed by atoms with van der Waals surface area (Å²) in [6.45, 7) is 0. The molecular formula is C13H7N5O2. The zero-order valence-electron chi connectivity index (χ0n) is 10.1. The Bertz CT molecular complexity index is 863. The zero-order chi connectivity index (χ0) is 14.1. The van der Waals surface area contributed by atoms with Crippen molar-refractivity contribution < 1.29 is 4.92 Å². The Labute approximate surface area is 112 Å². The summed E-state index contributed by atoms with van der Waals surface area (Å²) in [7, 11) is 0. The molecule has 3 rings (SSSR count). The molecule has 0 saturated carbocycles. The molecule has 2 aromatic heterocycles. The molecule has 7 nitrogen and oxygen atoms in total. The number of nitro benzene ring substituents is 1. The molecule has 0 fully saturated rings. The van der Waals surface area contributed by atoms with E-state index in [0.717, 1.165) is 0 Å². The van der Waals surface area contributed by atoms with Crippen molar-refractivity contribution in [2.45, 2.75) is 0 Å². The Kier molecular flexibility index (Phi) is 2.62. The van der Waals surface area contributed by atoms with Crippen LogP contribution in [0.1, 0.15) is 5.82 Å². The highest BCUT2D eigenvalue weighted by molar-refractivity contribution is 5.92. The van der Waals surface area contributed by atoms with Crippen LogP contribution >= 0.6 is 0 Å². The maximum atomic E-state index is 11.4. The van der Waals surface area contributed by atoms with E-state index in [2.05, 4.69) is 9.97 Å². The smallest absolute Gasteiger partial charge is 0.285 e. The standard InChI is InChI=1S/C13H7N5O2/c14-8-12-16-6-7-17(12)11-4-3-10-9(2-1-5-15-10)13(11)18(19)20/h1-7H. The Morgan fingerprint density at radius 2 is 2.10 bits per heavy atom. The SMILES string of the molecule is N#Cc1nccn1-c1ccc2ncccc2c1[N+](=O)[O-]. The first-order chi connectivity index (χ1) is 9.72. The molecule has 20 heavy (non-hydrogen) atoms. The van der Waals surface area contributed by atoms with Crippen molar-refractivity contribution in [3.63, 3.8) is 0 Å². The van der Waals surface area contributed by atoms with Crippen LogP contribution in [-0.2, 0) is 0 Å². The molecule has 0 aliphatic rings. The summed E-state index contributed by atoms with van der Waals surface area (Å²) < 4.78 is 1.39. The van der Waals surface area contributed by atoms with Crippen LogP contribution in [0.25, 0.3) is 16.6 Å². The number of pyridine rings is 1. The van der Waals surface area contributed by atoms with Gasteiger partial charge in [0.1, 0.15) is 11.8 Å². The molecular weight excluding hydrogens is 258 g/mol. The Hall–Kier alpha value is -3.27. The molecule has 7 heteroatoms. The van der Waals surface area contributed by atoms with Gasteiger partial charge in [0.2, 0.25) is 5.82 Å². The molecule has 0 aliphatic heterocycles. The fraction of sp³-hybridized carbons (Fsp3) is 0. The highest BCUT2D eigenvalue weighted by Crippen LogP contribution is 2.31. The topological polar surface area (TPSA) is 97.6 Å². The molecule has 0 radical (unpaired) electrons. The van der Waals surface area contributed by atoms with Gasteiger partial charge in [0.25, 0.3) is 0 Å². The molecule has 2 heterocycles. The van der Waals surface area contributed by atoms with E-state index in [-0.39, 0.29) is 11.5 Å². The van der Waals surface area contributed by atoms with Crippen LogP contribution in [0.15, 0.2) is 42.9 Å². The van der Waals surface area contributed by atoms with E-state index < -0.39 is 4.92 Å². The largest absolute Gasteiger partial charge is 0.302 e. The number of nitro groups is 1. The van der Waals surface area contributed by atoms with Gasteiger partial charge in [-0.1, -0.05) is 0 Å². The predicted octanol–water partition coefficient (Wildman–Crippen LogP) is 2.20. The third-order valence-electron chi connectivity index (χ3n) is 2.92. The summed E-state index contributed by atoms with van der Waals surface area (Å²) >= 11 is 0. The summed E-state index contributed by atoms with van der Waals surface area (Å²) in [5.41, 5.74) is 0.733. The van der Waals surface area contributed by atoms with E-state index in [1.807, 2.05) is 6.07 Å². The Balaban J connectivity index is 2.40. The lowest BCUT2D eigenvalue weighted by Crippen LogP contribution is -2.02. The molecule has 3 aromatic rings. The van der Waals surface area contributed by atoms with E-state index >= 15 is 0 Å². The molecule has 0 aliphatic carbocycles. The van der Waals surface area contributed by atoms with Crippen molar-refractivity contribution in [2.75, 3.05) is 0 Å². The molecule has 0 spiro atoms. The van der Waals surface area contributed by atoms with E-state index in [1.54, 1.807) is 30.5 Å². The van der Waals surface area contributed by atoms with Crippen LogP contribution < -0.4 is 0 Å². The maximum Gasteiger partial charge on any atom is 0.302 e. The minimum Gasteiger partial charge on any atom is -0.285 e. The number of benzene rings is 1. The number of nitriles is 1. The summed E-state index contributed by atoms with van der Waals surface area (Å²) in [4.78, 5) is 18.9. The molecule has 0 unspecified atom stereocenters. The quantitative estimate of drug-likeness (QED) is 0.522. The number of rotatable bonds is 2. The van der Waals surface area contributed by atoms with E-state index in [0.29, 0.717) is 16.6 Å². The average molecular weight is 265 g/mol. The summed E-state index contributed by atoms with van der Waals surface area (Å²) in [5, 5.41) is 20.8. The van der Waals surface area contributed by atoms with Crippen LogP contribution in [0.3, 0.4) is 0 Å². The average Bonchev–Trinajstić information content (AvgIpc) is 2.94. The lowest BCUT2D eigenvalue weighted by molar-refractivity contribution is -0.382. The van der Waals surface area contributed by atoms with E-state index in [4.69, 9.17) is 5.26 Å². The van der Waals surface area contributed by atoms with Gasteiger partial charge in [0, 0.05) is 18.6 Å². The van der Waals surface area contributed by atoms with Crippen molar-refractivity contribution in [1.29, 1.82) is 5.26 Å². The molecule has 1 aromatic carbocycles. The summed E-state index contributed by atoms with van der Waals surface area (Å²) in [6.07, 6.45) is 4.52. The zero-order valence-corrected chi connectivity index (χ0v) is 10.1.